The summed E-state index contributed by atoms with van der Waals surface area (Å²) < 4.78 is 0. The molecular formula is C12H13Cl2NO. The topological polar surface area (TPSA) is 12.5 Å². The van der Waals surface area contributed by atoms with Crippen LogP contribution in [-0.2, 0) is 4.84 Å². The van der Waals surface area contributed by atoms with Gasteiger partial charge in [-0.2, -0.15) is 0 Å². The zero-order valence-corrected chi connectivity index (χ0v) is 10.5. The van der Waals surface area contributed by atoms with Crippen LogP contribution < -0.4 is 0 Å². The Morgan fingerprint density at radius 1 is 1.31 bits per heavy atom. The summed E-state index contributed by atoms with van der Waals surface area (Å²) in [4.78, 5) is 5.36. The molecule has 0 saturated heterocycles. The van der Waals surface area contributed by atoms with Crippen molar-refractivity contribution in [2.45, 2.75) is 13.0 Å². The SMILES string of the molecule is Cc1ccc(C2C(Cl)=CON2CCCl)cc1. The van der Waals surface area contributed by atoms with Gasteiger partial charge < -0.3 is 4.84 Å². The summed E-state index contributed by atoms with van der Waals surface area (Å²) in [5, 5.41) is 2.48. The van der Waals surface area contributed by atoms with Gasteiger partial charge in [0.05, 0.1) is 5.03 Å². The fourth-order valence-corrected chi connectivity index (χ4v) is 2.16. The van der Waals surface area contributed by atoms with Gasteiger partial charge in [-0.25, -0.2) is 0 Å². The second-order valence-electron chi connectivity index (χ2n) is 3.75. The molecule has 1 heterocycles. The molecule has 1 aliphatic heterocycles. The molecule has 0 amide bonds. The molecule has 16 heavy (non-hydrogen) atoms. The highest BCUT2D eigenvalue weighted by atomic mass is 35.5. The first-order valence-corrected chi connectivity index (χ1v) is 6.05. The van der Waals surface area contributed by atoms with Crippen molar-refractivity contribution in [1.82, 2.24) is 5.06 Å². The van der Waals surface area contributed by atoms with Crippen molar-refractivity contribution < 1.29 is 4.84 Å². The standard InChI is InChI=1S/C12H13Cl2NO/c1-9-2-4-10(5-3-9)12-11(14)8-16-15(12)7-6-13/h2-5,8,12H,6-7H2,1H3. The lowest BCUT2D eigenvalue weighted by Crippen LogP contribution is -2.25. The Morgan fingerprint density at radius 3 is 2.62 bits per heavy atom. The quantitative estimate of drug-likeness (QED) is 0.768. The third kappa shape index (κ3) is 2.34. The monoisotopic (exact) mass is 257 g/mol. The molecule has 86 valence electrons. The Bertz CT molecular complexity index is 389. The number of aryl methyl sites for hydroxylation is 1. The van der Waals surface area contributed by atoms with E-state index >= 15 is 0 Å². The summed E-state index contributed by atoms with van der Waals surface area (Å²) in [6.45, 7) is 2.70. The smallest absolute Gasteiger partial charge is 0.128 e. The van der Waals surface area contributed by atoms with Gasteiger partial charge in [0.1, 0.15) is 12.3 Å². The summed E-state index contributed by atoms with van der Waals surface area (Å²) in [6.07, 6.45) is 1.57. The molecule has 0 aromatic heterocycles. The van der Waals surface area contributed by atoms with Crippen LogP contribution in [0.2, 0.25) is 0 Å². The van der Waals surface area contributed by atoms with Gasteiger partial charge in [0, 0.05) is 12.4 Å². The summed E-state index contributed by atoms with van der Waals surface area (Å²) in [7, 11) is 0. The van der Waals surface area contributed by atoms with E-state index in [1.54, 1.807) is 11.3 Å². The Balaban J connectivity index is 2.23. The number of hydroxylamine groups is 2. The zero-order valence-electron chi connectivity index (χ0n) is 8.99. The zero-order chi connectivity index (χ0) is 11.5. The van der Waals surface area contributed by atoms with Gasteiger partial charge in [0.2, 0.25) is 0 Å². The van der Waals surface area contributed by atoms with Gasteiger partial charge in [-0.1, -0.05) is 41.4 Å². The van der Waals surface area contributed by atoms with Crippen LogP contribution >= 0.6 is 23.2 Å². The normalized spacial score (nSPS) is 20.7. The molecule has 1 atom stereocenters. The van der Waals surface area contributed by atoms with Crippen LogP contribution in [0.4, 0.5) is 0 Å². The fourth-order valence-electron chi connectivity index (χ4n) is 1.72. The lowest BCUT2D eigenvalue weighted by molar-refractivity contribution is -0.100. The van der Waals surface area contributed by atoms with Crippen LogP contribution in [0, 0.1) is 6.92 Å². The van der Waals surface area contributed by atoms with Gasteiger partial charge in [-0.3, -0.25) is 0 Å². The molecular weight excluding hydrogens is 245 g/mol. The van der Waals surface area contributed by atoms with Crippen molar-refractivity contribution in [2.24, 2.45) is 0 Å². The van der Waals surface area contributed by atoms with E-state index < -0.39 is 0 Å². The lowest BCUT2D eigenvalue weighted by atomic mass is 10.1. The van der Waals surface area contributed by atoms with E-state index in [0.29, 0.717) is 17.5 Å². The third-order valence-electron chi connectivity index (χ3n) is 2.55. The fraction of sp³-hybridized carbons (Fsp3) is 0.333. The van der Waals surface area contributed by atoms with Crippen LogP contribution in [0.15, 0.2) is 35.6 Å². The van der Waals surface area contributed by atoms with E-state index in [9.17, 15) is 0 Å². The highest BCUT2D eigenvalue weighted by Crippen LogP contribution is 2.36. The molecule has 0 fully saturated rings. The maximum Gasteiger partial charge on any atom is 0.128 e. The number of halogens is 2. The van der Waals surface area contributed by atoms with Crippen LogP contribution in [0.1, 0.15) is 17.2 Å². The van der Waals surface area contributed by atoms with Crippen molar-refractivity contribution in [3.8, 4) is 0 Å². The predicted octanol–water partition coefficient (Wildman–Crippen LogP) is 3.60. The number of benzene rings is 1. The summed E-state index contributed by atoms with van der Waals surface area (Å²) in [6, 6.07) is 8.23. The first kappa shape index (κ1) is 11.8. The molecule has 0 N–H and O–H groups in total. The number of nitrogens with zero attached hydrogens (tertiary/aromatic N) is 1. The molecule has 0 spiro atoms. The first-order valence-electron chi connectivity index (χ1n) is 5.14. The average molecular weight is 258 g/mol. The minimum absolute atomic E-state index is 0.0268. The van der Waals surface area contributed by atoms with Crippen molar-refractivity contribution in [3.05, 3.63) is 46.7 Å². The number of alkyl halides is 1. The van der Waals surface area contributed by atoms with Crippen molar-refractivity contribution >= 4 is 23.2 Å². The average Bonchev–Trinajstić information content (AvgIpc) is 2.62. The van der Waals surface area contributed by atoms with Gasteiger partial charge >= 0.3 is 0 Å². The minimum Gasteiger partial charge on any atom is -0.411 e. The predicted molar refractivity (Wildman–Crippen MR) is 66.4 cm³/mol. The third-order valence-corrected chi connectivity index (χ3v) is 3.01. The Hall–Kier alpha value is -0.700. The minimum atomic E-state index is -0.0268. The molecule has 2 rings (SSSR count). The van der Waals surface area contributed by atoms with E-state index in [1.807, 2.05) is 0 Å². The van der Waals surface area contributed by atoms with E-state index in [1.165, 1.54) is 5.56 Å². The van der Waals surface area contributed by atoms with Gasteiger partial charge in [0.15, 0.2) is 0 Å². The van der Waals surface area contributed by atoms with Crippen LogP contribution in [0.5, 0.6) is 0 Å². The summed E-state index contributed by atoms with van der Waals surface area (Å²) >= 11 is 11.9. The van der Waals surface area contributed by atoms with Crippen LogP contribution in [0.3, 0.4) is 0 Å². The Labute approximate surface area is 105 Å². The molecule has 0 bridgehead atoms. The van der Waals surface area contributed by atoms with Crippen molar-refractivity contribution in [2.75, 3.05) is 12.4 Å². The number of hydrogen-bond acceptors (Lipinski definition) is 2. The second-order valence-corrected chi connectivity index (χ2v) is 4.57. The summed E-state index contributed by atoms with van der Waals surface area (Å²) in [5.41, 5.74) is 2.35. The van der Waals surface area contributed by atoms with Gasteiger partial charge in [0.25, 0.3) is 0 Å². The van der Waals surface area contributed by atoms with E-state index in [4.69, 9.17) is 28.0 Å². The first-order chi connectivity index (χ1) is 7.72. The van der Waals surface area contributed by atoms with Crippen LogP contribution in [0.25, 0.3) is 0 Å². The van der Waals surface area contributed by atoms with Crippen LogP contribution in [-0.4, -0.2) is 17.5 Å². The molecule has 0 radical (unpaired) electrons. The largest absolute Gasteiger partial charge is 0.411 e. The molecule has 2 nitrogen and oxygen atoms in total. The molecule has 4 heteroatoms. The van der Waals surface area contributed by atoms with Gasteiger partial charge in [-0.15, -0.1) is 16.7 Å². The molecule has 1 unspecified atom stereocenters. The number of hydrogen-bond donors (Lipinski definition) is 0. The van der Waals surface area contributed by atoms with E-state index in [0.717, 1.165) is 5.56 Å². The van der Waals surface area contributed by atoms with Crippen molar-refractivity contribution in [1.29, 1.82) is 0 Å². The van der Waals surface area contributed by atoms with Crippen molar-refractivity contribution in [3.63, 3.8) is 0 Å². The number of rotatable bonds is 3. The highest BCUT2D eigenvalue weighted by Gasteiger charge is 2.29. The second kappa shape index (κ2) is 5.09. The van der Waals surface area contributed by atoms with E-state index in [2.05, 4.69) is 31.2 Å². The Morgan fingerprint density at radius 2 is 2.00 bits per heavy atom. The maximum atomic E-state index is 6.13. The molecule has 1 aliphatic rings. The van der Waals surface area contributed by atoms with Gasteiger partial charge in [-0.05, 0) is 12.5 Å². The maximum absolute atomic E-state index is 6.13. The highest BCUT2D eigenvalue weighted by molar-refractivity contribution is 6.30. The van der Waals surface area contributed by atoms with E-state index in [-0.39, 0.29) is 6.04 Å². The molecule has 1 aromatic carbocycles. The lowest BCUT2D eigenvalue weighted by Gasteiger charge is -2.22. The summed E-state index contributed by atoms with van der Waals surface area (Å²) in [5.74, 6) is 0.514. The Kier molecular flexibility index (Phi) is 3.74. The molecule has 1 aromatic rings. The molecule has 0 aliphatic carbocycles. The molecule has 0 saturated carbocycles.